The summed E-state index contributed by atoms with van der Waals surface area (Å²) < 4.78 is 58.6. The van der Waals surface area contributed by atoms with Crippen LogP contribution in [0.2, 0.25) is 0 Å². The topological polar surface area (TPSA) is 242 Å². The molecule has 4 rings (SSSR count). The first-order chi connectivity index (χ1) is 25.9. The Morgan fingerprint density at radius 3 is 1.87 bits per heavy atom. The monoisotopic (exact) mass is 777 g/mol. The van der Waals surface area contributed by atoms with Crippen molar-refractivity contribution in [3.63, 3.8) is 0 Å². The highest BCUT2D eigenvalue weighted by atomic mass is 16.8. The molecule has 0 bridgehead atoms. The van der Waals surface area contributed by atoms with Gasteiger partial charge < -0.3 is 47.4 Å². The van der Waals surface area contributed by atoms with Crippen molar-refractivity contribution in [3.05, 3.63) is 36.0 Å². The van der Waals surface area contributed by atoms with Crippen LogP contribution in [0.15, 0.2) is 30.5 Å². The third kappa shape index (κ3) is 11.3. The van der Waals surface area contributed by atoms with Gasteiger partial charge in [0.15, 0.2) is 30.5 Å². The van der Waals surface area contributed by atoms with E-state index in [1.54, 1.807) is 6.20 Å². The van der Waals surface area contributed by atoms with Crippen LogP contribution in [-0.4, -0.2) is 125 Å². The lowest BCUT2D eigenvalue weighted by molar-refractivity contribution is -0.384. The van der Waals surface area contributed by atoms with E-state index in [1.807, 2.05) is 31.2 Å². The Kier molecular flexibility index (Phi) is 14.0. The molecule has 300 valence electrons. The standard InChI is InChI=1S/C35H43N3O17/c1-17-10-9-11-25(12-17)26-13-38(37-36-26)14-27-30(49-21(5)42)33(52-24(8)45)35(54-27,16-47-19(3)40)55-34-32(51-23(7)44)31(50-22(6)43)29(48-20(4)41)28(53-34)15-46-18(2)39/h9-13,27-34H,14-16H2,1-8H3/t27-,28-,29-,30-,31+,32-,33+,34-,35+/m1/s1. The molecule has 20 heteroatoms. The van der Waals surface area contributed by atoms with E-state index in [9.17, 15) is 33.6 Å². The third-order valence-electron chi connectivity index (χ3n) is 8.00. The molecule has 1 aromatic heterocycles. The third-order valence-corrected chi connectivity index (χ3v) is 8.00. The van der Waals surface area contributed by atoms with Crippen LogP contribution in [0, 0.1) is 6.92 Å². The molecule has 2 aromatic rings. The first-order valence-electron chi connectivity index (χ1n) is 17.0. The van der Waals surface area contributed by atoms with Crippen LogP contribution in [0.25, 0.3) is 11.3 Å². The first kappa shape index (κ1) is 42.3. The van der Waals surface area contributed by atoms with E-state index in [-0.39, 0.29) is 6.54 Å². The van der Waals surface area contributed by atoms with Gasteiger partial charge in [-0.25, -0.2) is 4.68 Å². The van der Waals surface area contributed by atoms with Crippen molar-refractivity contribution < 1.29 is 80.9 Å². The summed E-state index contributed by atoms with van der Waals surface area (Å²) in [7, 11) is 0. The van der Waals surface area contributed by atoms with E-state index in [0.29, 0.717) is 5.69 Å². The lowest BCUT2D eigenvalue weighted by Crippen LogP contribution is -2.65. The molecule has 3 heterocycles. The van der Waals surface area contributed by atoms with E-state index in [4.69, 9.17) is 47.4 Å². The summed E-state index contributed by atoms with van der Waals surface area (Å²) in [4.78, 5) is 86.5. The van der Waals surface area contributed by atoms with Crippen LogP contribution < -0.4 is 0 Å². The van der Waals surface area contributed by atoms with Crippen LogP contribution in [0.3, 0.4) is 0 Å². The Hall–Kier alpha value is -5.47. The maximum absolute atomic E-state index is 12.7. The largest absolute Gasteiger partial charge is 0.463 e. The number of esters is 7. The van der Waals surface area contributed by atoms with Crippen molar-refractivity contribution in [2.45, 2.75) is 117 Å². The minimum Gasteiger partial charge on any atom is -0.463 e. The van der Waals surface area contributed by atoms with Crippen molar-refractivity contribution >= 4 is 41.8 Å². The molecule has 0 radical (unpaired) electrons. The van der Waals surface area contributed by atoms with Gasteiger partial charge in [0, 0.05) is 54.0 Å². The molecule has 2 aliphatic heterocycles. The highest BCUT2D eigenvalue weighted by Gasteiger charge is 2.64. The lowest BCUT2D eigenvalue weighted by Gasteiger charge is -2.46. The second-order valence-corrected chi connectivity index (χ2v) is 12.7. The minimum atomic E-state index is -2.44. The van der Waals surface area contributed by atoms with Crippen LogP contribution in [0.4, 0.5) is 0 Å². The normalized spacial score (nSPS) is 27.3. The predicted octanol–water partition coefficient (Wildman–Crippen LogP) is 0.875. The molecule has 0 saturated carbocycles. The zero-order chi connectivity index (χ0) is 40.6. The number of ether oxygens (including phenoxy) is 10. The molecule has 9 atom stereocenters. The number of carbonyl (C=O) groups is 7. The quantitative estimate of drug-likeness (QED) is 0.191. The van der Waals surface area contributed by atoms with Crippen LogP contribution in [0.1, 0.15) is 54.0 Å². The first-order valence-corrected chi connectivity index (χ1v) is 17.0. The summed E-state index contributed by atoms with van der Waals surface area (Å²) in [6.07, 6.45) is -11.2. The molecule has 20 nitrogen and oxygen atoms in total. The van der Waals surface area contributed by atoms with E-state index in [1.165, 1.54) is 4.68 Å². The van der Waals surface area contributed by atoms with Gasteiger partial charge in [-0.3, -0.25) is 33.6 Å². The van der Waals surface area contributed by atoms with Gasteiger partial charge in [-0.1, -0.05) is 29.0 Å². The molecule has 0 aliphatic carbocycles. The summed E-state index contributed by atoms with van der Waals surface area (Å²) in [5, 5.41) is 8.41. The fraction of sp³-hybridized carbons (Fsp3) is 0.571. The Bertz CT molecular complexity index is 1760. The number of benzene rings is 1. The van der Waals surface area contributed by atoms with Gasteiger partial charge in [-0.05, 0) is 13.0 Å². The fourth-order valence-electron chi connectivity index (χ4n) is 6.08. The highest BCUT2D eigenvalue weighted by molar-refractivity contribution is 5.69. The molecular weight excluding hydrogens is 734 g/mol. The second kappa shape index (κ2) is 18.2. The van der Waals surface area contributed by atoms with Crippen molar-refractivity contribution in [2.75, 3.05) is 13.2 Å². The average Bonchev–Trinajstić information content (AvgIpc) is 3.64. The highest BCUT2D eigenvalue weighted by Crippen LogP contribution is 2.42. The molecule has 2 fully saturated rings. The van der Waals surface area contributed by atoms with E-state index < -0.39 is 110 Å². The Balaban J connectivity index is 1.84. The zero-order valence-corrected chi connectivity index (χ0v) is 31.4. The number of aryl methyl sites for hydroxylation is 1. The van der Waals surface area contributed by atoms with Gasteiger partial charge in [0.05, 0.1) is 12.7 Å². The Labute approximate surface area is 314 Å². The zero-order valence-electron chi connectivity index (χ0n) is 31.4. The molecule has 2 saturated heterocycles. The van der Waals surface area contributed by atoms with Crippen molar-refractivity contribution in [1.29, 1.82) is 0 Å². The van der Waals surface area contributed by atoms with Crippen LogP contribution in [-0.2, 0) is 87.5 Å². The molecule has 0 spiro atoms. The second-order valence-electron chi connectivity index (χ2n) is 12.7. The summed E-state index contributed by atoms with van der Waals surface area (Å²) >= 11 is 0. The number of nitrogens with zero attached hydrogens (tertiary/aromatic N) is 3. The summed E-state index contributed by atoms with van der Waals surface area (Å²) in [6.45, 7) is 7.66. The number of hydrogen-bond donors (Lipinski definition) is 0. The van der Waals surface area contributed by atoms with Crippen molar-refractivity contribution in [2.24, 2.45) is 0 Å². The molecule has 0 N–H and O–H groups in total. The number of carbonyl (C=O) groups excluding carboxylic acids is 7. The molecular formula is C35H43N3O17. The summed E-state index contributed by atoms with van der Waals surface area (Å²) in [5.41, 5.74) is 2.21. The van der Waals surface area contributed by atoms with Gasteiger partial charge >= 0.3 is 41.8 Å². The molecule has 0 unspecified atom stereocenters. The number of rotatable bonds is 14. The van der Waals surface area contributed by atoms with Gasteiger partial charge in [0.1, 0.15) is 31.1 Å². The minimum absolute atomic E-state index is 0.210. The molecule has 55 heavy (non-hydrogen) atoms. The Morgan fingerprint density at radius 1 is 0.709 bits per heavy atom. The van der Waals surface area contributed by atoms with Gasteiger partial charge in [0.2, 0.25) is 12.1 Å². The lowest BCUT2D eigenvalue weighted by atomic mass is 9.97. The predicted molar refractivity (Wildman–Crippen MR) is 179 cm³/mol. The fourth-order valence-corrected chi connectivity index (χ4v) is 6.08. The van der Waals surface area contributed by atoms with E-state index >= 15 is 0 Å². The summed E-state index contributed by atoms with van der Waals surface area (Å²) in [5.74, 6) is -8.51. The maximum atomic E-state index is 12.7. The van der Waals surface area contributed by atoms with Crippen molar-refractivity contribution in [3.8, 4) is 11.3 Å². The van der Waals surface area contributed by atoms with Gasteiger partial charge in [0.25, 0.3) is 0 Å². The van der Waals surface area contributed by atoms with Gasteiger partial charge in [-0.2, -0.15) is 0 Å². The number of aromatic nitrogens is 3. The van der Waals surface area contributed by atoms with Crippen LogP contribution in [0.5, 0.6) is 0 Å². The number of hydrogen-bond acceptors (Lipinski definition) is 19. The molecule has 2 aliphatic rings. The SMILES string of the molecule is CC(=O)OC[C@H]1O[C@H](O[C@]2(COC(C)=O)O[C@H](Cn3cc(-c4cccc(C)c4)nn3)[C@@H](OC(C)=O)[C@@H]2OC(C)=O)[C@H](OC(C)=O)[C@@H](OC(C)=O)[C@@H]1OC(C)=O. The van der Waals surface area contributed by atoms with E-state index in [2.05, 4.69) is 10.3 Å². The molecule has 0 amide bonds. The van der Waals surface area contributed by atoms with Crippen LogP contribution >= 0.6 is 0 Å². The van der Waals surface area contributed by atoms with Gasteiger partial charge in [-0.15, -0.1) is 5.10 Å². The molecule has 1 aromatic carbocycles. The average molecular weight is 778 g/mol. The smallest absolute Gasteiger partial charge is 0.303 e. The summed E-state index contributed by atoms with van der Waals surface area (Å²) in [6, 6.07) is 7.48. The maximum Gasteiger partial charge on any atom is 0.303 e. The Morgan fingerprint density at radius 2 is 1.29 bits per heavy atom. The van der Waals surface area contributed by atoms with Crippen molar-refractivity contribution in [1.82, 2.24) is 15.0 Å². The van der Waals surface area contributed by atoms with E-state index in [0.717, 1.165) is 59.6 Å².